The normalized spacial score (nSPS) is 10.9. The third-order valence-corrected chi connectivity index (χ3v) is 2.94. The number of nitrogens with zero attached hydrogens (tertiary/aromatic N) is 1. The number of fused-ring (bicyclic) bond motifs is 1. The van der Waals surface area contributed by atoms with Gasteiger partial charge in [-0.2, -0.15) is 0 Å². The average molecular weight is 237 g/mol. The van der Waals surface area contributed by atoms with E-state index >= 15 is 0 Å². The summed E-state index contributed by atoms with van der Waals surface area (Å²) in [7, 11) is 0. The maximum absolute atomic E-state index is 12.0. The molecule has 1 heterocycles. The molecule has 0 saturated carbocycles. The van der Waals surface area contributed by atoms with Crippen LogP contribution in [0.4, 0.5) is 5.69 Å². The lowest BCUT2D eigenvalue weighted by atomic mass is 10.1. The van der Waals surface area contributed by atoms with Crippen molar-refractivity contribution in [1.29, 1.82) is 0 Å². The van der Waals surface area contributed by atoms with Gasteiger partial charge in [-0.15, -0.1) is 0 Å². The Morgan fingerprint density at radius 1 is 1.31 bits per heavy atom. The third kappa shape index (κ3) is 1.67. The number of halogens is 1. The largest absolute Gasteiger partial charge is 0.397 e. The van der Waals surface area contributed by atoms with Crippen molar-refractivity contribution in [2.45, 2.75) is 19.9 Å². The molecule has 2 N–H and O–H groups in total. The Hall–Kier alpha value is -1.48. The van der Waals surface area contributed by atoms with E-state index in [1.807, 2.05) is 13.0 Å². The maximum Gasteiger partial charge on any atom is 0.258 e. The fraction of sp³-hybridized carbons (Fsp3) is 0.250. The molecule has 0 spiro atoms. The molecular weight excluding hydrogens is 224 g/mol. The van der Waals surface area contributed by atoms with Gasteiger partial charge in [0, 0.05) is 23.5 Å². The fourth-order valence-corrected chi connectivity index (χ4v) is 1.94. The van der Waals surface area contributed by atoms with Crippen molar-refractivity contribution in [1.82, 2.24) is 4.57 Å². The lowest BCUT2D eigenvalue weighted by Crippen LogP contribution is -2.19. The van der Waals surface area contributed by atoms with E-state index in [0.29, 0.717) is 16.1 Å². The molecule has 0 aliphatic carbocycles. The standard InChI is InChI=1S/C12H13ClN2O/c1-2-6-15-7-5-8-9(12(15)16)3-4-10(13)11(8)14/h3-5,7H,2,6,14H2,1H3. The van der Waals surface area contributed by atoms with Crippen LogP contribution in [0.15, 0.2) is 29.2 Å². The second kappa shape index (κ2) is 4.18. The van der Waals surface area contributed by atoms with E-state index in [9.17, 15) is 4.79 Å². The van der Waals surface area contributed by atoms with Crippen molar-refractivity contribution in [2.24, 2.45) is 0 Å². The zero-order chi connectivity index (χ0) is 11.7. The molecule has 16 heavy (non-hydrogen) atoms. The molecule has 1 aromatic heterocycles. The summed E-state index contributed by atoms with van der Waals surface area (Å²) in [4.78, 5) is 12.0. The highest BCUT2D eigenvalue weighted by Gasteiger charge is 2.06. The first-order valence-corrected chi connectivity index (χ1v) is 5.60. The highest BCUT2D eigenvalue weighted by Crippen LogP contribution is 2.26. The summed E-state index contributed by atoms with van der Waals surface area (Å²) in [5, 5.41) is 1.84. The molecule has 0 aliphatic rings. The maximum atomic E-state index is 12.0. The highest BCUT2D eigenvalue weighted by molar-refractivity contribution is 6.34. The summed E-state index contributed by atoms with van der Waals surface area (Å²) in [6, 6.07) is 5.23. The number of anilines is 1. The minimum atomic E-state index is -0.0114. The monoisotopic (exact) mass is 236 g/mol. The summed E-state index contributed by atoms with van der Waals surface area (Å²) in [5.41, 5.74) is 6.29. The van der Waals surface area contributed by atoms with Gasteiger partial charge in [0.2, 0.25) is 0 Å². The smallest absolute Gasteiger partial charge is 0.258 e. The molecule has 4 heteroatoms. The van der Waals surface area contributed by atoms with Gasteiger partial charge in [0.15, 0.2) is 0 Å². The van der Waals surface area contributed by atoms with Crippen LogP contribution < -0.4 is 11.3 Å². The number of hydrogen-bond acceptors (Lipinski definition) is 2. The Morgan fingerprint density at radius 3 is 2.75 bits per heavy atom. The van der Waals surface area contributed by atoms with E-state index in [4.69, 9.17) is 17.3 Å². The number of hydrogen-bond donors (Lipinski definition) is 1. The second-order valence-corrected chi connectivity index (χ2v) is 4.14. The summed E-state index contributed by atoms with van der Waals surface area (Å²) < 4.78 is 1.69. The van der Waals surface area contributed by atoms with Crippen molar-refractivity contribution in [2.75, 3.05) is 5.73 Å². The number of pyridine rings is 1. The molecule has 0 atom stereocenters. The van der Waals surface area contributed by atoms with E-state index in [2.05, 4.69) is 0 Å². The van der Waals surface area contributed by atoms with Gasteiger partial charge in [-0.05, 0) is 24.6 Å². The predicted octanol–water partition coefficient (Wildman–Crippen LogP) is 2.65. The van der Waals surface area contributed by atoms with Crippen molar-refractivity contribution >= 4 is 28.1 Å². The summed E-state index contributed by atoms with van der Waals surface area (Å²) in [5.74, 6) is 0. The topological polar surface area (TPSA) is 48.0 Å². The molecule has 2 aromatic rings. The van der Waals surface area contributed by atoms with Crippen molar-refractivity contribution in [3.05, 3.63) is 39.8 Å². The van der Waals surface area contributed by atoms with Crippen molar-refractivity contribution < 1.29 is 0 Å². The first-order valence-electron chi connectivity index (χ1n) is 5.22. The number of rotatable bonds is 2. The molecule has 84 valence electrons. The molecular formula is C12H13ClN2O. The van der Waals surface area contributed by atoms with Gasteiger partial charge >= 0.3 is 0 Å². The molecule has 0 saturated heterocycles. The minimum absolute atomic E-state index is 0.0114. The van der Waals surface area contributed by atoms with Gasteiger partial charge in [-0.3, -0.25) is 4.79 Å². The number of benzene rings is 1. The van der Waals surface area contributed by atoms with Crippen LogP contribution in [0.3, 0.4) is 0 Å². The quantitative estimate of drug-likeness (QED) is 0.815. The molecule has 0 amide bonds. The fourth-order valence-electron chi connectivity index (χ4n) is 1.78. The van der Waals surface area contributed by atoms with Crippen LogP contribution in [0.2, 0.25) is 5.02 Å². The second-order valence-electron chi connectivity index (χ2n) is 3.74. The number of aryl methyl sites for hydroxylation is 1. The van der Waals surface area contributed by atoms with Crippen molar-refractivity contribution in [3.63, 3.8) is 0 Å². The number of aromatic nitrogens is 1. The number of nitrogens with two attached hydrogens (primary N) is 1. The predicted molar refractivity (Wildman–Crippen MR) is 67.9 cm³/mol. The third-order valence-electron chi connectivity index (χ3n) is 2.61. The Labute approximate surface area is 98.4 Å². The Kier molecular flexibility index (Phi) is 2.88. The van der Waals surface area contributed by atoms with E-state index in [1.165, 1.54) is 0 Å². The zero-order valence-electron chi connectivity index (χ0n) is 9.03. The van der Waals surface area contributed by atoms with Crippen LogP contribution in [-0.2, 0) is 6.54 Å². The van der Waals surface area contributed by atoms with Crippen LogP contribution in [0, 0.1) is 0 Å². The Bertz CT molecular complexity index is 589. The summed E-state index contributed by atoms with van der Waals surface area (Å²) >= 11 is 5.91. The van der Waals surface area contributed by atoms with E-state index < -0.39 is 0 Å². The van der Waals surface area contributed by atoms with Crippen molar-refractivity contribution in [3.8, 4) is 0 Å². The lowest BCUT2D eigenvalue weighted by Gasteiger charge is -2.07. The molecule has 0 bridgehead atoms. The molecule has 0 aliphatic heterocycles. The first-order chi connectivity index (χ1) is 7.65. The first kappa shape index (κ1) is 11.0. The van der Waals surface area contributed by atoms with Gasteiger partial charge in [0.05, 0.1) is 10.7 Å². The Balaban J connectivity index is 2.77. The van der Waals surface area contributed by atoms with Crippen LogP contribution in [-0.4, -0.2) is 4.57 Å². The average Bonchev–Trinajstić information content (AvgIpc) is 2.28. The van der Waals surface area contributed by atoms with Crippen LogP contribution >= 0.6 is 11.6 Å². The van der Waals surface area contributed by atoms with E-state index in [1.54, 1.807) is 22.9 Å². The molecule has 0 unspecified atom stereocenters. The van der Waals surface area contributed by atoms with Gasteiger partial charge in [0.1, 0.15) is 0 Å². The van der Waals surface area contributed by atoms with Crippen LogP contribution in [0.1, 0.15) is 13.3 Å². The minimum Gasteiger partial charge on any atom is -0.397 e. The molecule has 1 aromatic carbocycles. The summed E-state index contributed by atoms with van der Waals surface area (Å²) in [6.45, 7) is 2.75. The van der Waals surface area contributed by atoms with Gasteiger partial charge in [-0.25, -0.2) is 0 Å². The van der Waals surface area contributed by atoms with Gasteiger partial charge in [-0.1, -0.05) is 18.5 Å². The van der Waals surface area contributed by atoms with E-state index in [-0.39, 0.29) is 5.56 Å². The SMILES string of the molecule is CCCn1ccc2c(N)c(Cl)ccc2c1=O. The summed E-state index contributed by atoms with van der Waals surface area (Å²) in [6.07, 6.45) is 2.69. The van der Waals surface area contributed by atoms with E-state index in [0.717, 1.165) is 18.4 Å². The van der Waals surface area contributed by atoms with Gasteiger partial charge in [0.25, 0.3) is 5.56 Å². The molecule has 2 rings (SSSR count). The molecule has 0 fully saturated rings. The molecule has 0 radical (unpaired) electrons. The zero-order valence-corrected chi connectivity index (χ0v) is 9.79. The highest BCUT2D eigenvalue weighted by atomic mass is 35.5. The van der Waals surface area contributed by atoms with Crippen LogP contribution in [0.5, 0.6) is 0 Å². The van der Waals surface area contributed by atoms with Crippen LogP contribution in [0.25, 0.3) is 10.8 Å². The Morgan fingerprint density at radius 2 is 2.06 bits per heavy atom. The van der Waals surface area contributed by atoms with Gasteiger partial charge < -0.3 is 10.3 Å². The molecule has 3 nitrogen and oxygen atoms in total. The number of nitrogen functional groups attached to an aromatic ring is 1. The lowest BCUT2D eigenvalue weighted by molar-refractivity contribution is 0.659.